The number of nitrogens with zero attached hydrogens (tertiary/aromatic N) is 2. The number of rotatable bonds is 4. The third-order valence-corrected chi connectivity index (χ3v) is 3.41. The first-order chi connectivity index (χ1) is 8.20. The molecule has 5 nitrogen and oxygen atoms in total. The van der Waals surface area contributed by atoms with Crippen LogP contribution in [0.3, 0.4) is 0 Å². The molecule has 0 aliphatic heterocycles. The Morgan fingerprint density at radius 2 is 2.12 bits per heavy atom. The van der Waals surface area contributed by atoms with Crippen molar-refractivity contribution in [2.75, 3.05) is 7.05 Å². The van der Waals surface area contributed by atoms with Gasteiger partial charge in [-0.15, -0.1) is 5.10 Å². The van der Waals surface area contributed by atoms with Gasteiger partial charge in [-0.1, -0.05) is 12.1 Å². The Hall–Kier alpha value is -1.53. The van der Waals surface area contributed by atoms with Gasteiger partial charge in [0.25, 0.3) is 0 Å². The van der Waals surface area contributed by atoms with Crippen molar-refractivity contribution >= 4 is 11.8 Å². The summed E-state index contributed by atoms with van der Waals surface area (Å²) in [7, 11) is 3.62. The summed E-state index contributed by atoms with van der Waals surface area (Å²) >= 11 is 1.46. The summed E-state index contributed by atoms with van der Waals surface area (Å²) < 4.78 is 1.49. The van der Waals surface area contributed by atoms with Gasteiger partial charge in [-0.2, -0.15) is 0 Å². The van der Waals surface area contributed by atoms with Crippen LogP contribution >= 0.6 is 11.8 Å². The molecule has 0 aliphatic carbocycles. The molecule has 0 fully saturated rings. The van der Waals surface area contributed by atoms with Crippen LogP contribution in [0.25, 0.3) is 0 Å². The fourth-order valence-corrected chi connectivity index (χ4v) is 2.20. The normalized spacial score (nSPS) is 10.7. The maximum atomic E-state index is 11.2. The molecule has 0 aliphatic rings. The van der Waals surface area contributed by atoms with E-state index in [0.29, 0.717) is 5.16 Å². The van der Waals surface area contributed by atoms with Gasteiger partial charge in [0, 0.05) is 18.5 Å². The number of nitrogens with one attached hydrogen (secondary N) is 2. The van der Waals surface area contributed by atoms with Crippen LogP contribution in [-0.4, -0.2) is 21.8 Å². The fourth-order valence-electron chi connectivity index (χ4n) is 1.41. The van der Waals surface area contributed by atoms with Gasteiger partial charge in [-0.3, -0.25) is 4.57 Å². The lowest BCUT2D eigenvalue weighted by Crippen LogP contribution is -2.12. The Morgan fingerprint density at radius 1 is 1.41 bits per heavy atom. The van der Waals surface area contributed by atoms with E-state index in [4.69, 9.17) is 0 Å². The molecular formula is C11H14N4OS. The van der Waals surface area contributed by atoms with E-state index in [1.54, 1.807) is 7.05 Å². The molecule has 1 aromatic carbocycles. The highest BCUT2D eigenvalue weighted by Crippen LogP contribution is 2.24. The highest BCUT2D eigenvalue weighted by atomic mass is 32.2. The fraction of sp³-hybridized carbons (Fsp3) is 0.273. The third-order valence-electron chi connectivity index (χ3n) is 2.35. The third kappa shape index (κ3) is 2.78. The molecule has 1 aromatic heterocycles. The van der Waals surface area contributed by atoms with Crippen LogP contribution in [0.4, 0.5) is 0 Å². The van der Waals surface area contributed by atoms with Gasteiger partial charge < -0.3 is 5.32 Å². The van der Waals surface area contributed by atoms with Crippen molar-refractivity contribution in [3.63, 3.8) is 0 Å². The minimum absolute atomic E-state index is 0.195. The summed E-state index contributed by atoms with van der Waals surface area (Å²) in [5, 5.41) is 10.1. The second-order valence-corrected chi connectivity index (χ2v) is 4.69. The maximum Gasteiger partial charge on any atom is 0.343 e. The SMILES string of the molecule is CNCc1ccc(Sc2n[nH]c(=O)n2C)cc1. The Bertz CT molecular complexity index is 543. The van der Waals surface area contributed by atoms with Crippen molar-refractivity contribution in [2.45, 2.75) is 16.6 Å². The van der Waals surface area contributed by atoms with Crippen molar-refractivity contribution in [3.8, 4) is 0 Å². The van der Waals surface area contributed by atoms with Crippen molar-refractivity contribution in [1.29, 1.82) is 0 Å². The second kappa shape index (κ2) is 5.20. The molecule has 0 saturated carbocycles. The average Bonchev–Trinajstić information content (AvgIpc) is 2.64. The number of hydrogen-bond donors (Lipinski definition) is 2. The van der Waals surface area contributed by atoms with Gasteiger partial charge >= 0.3 is 5.69 Å². The van der Waals surface area contributed by atoms with Crippen LogP contribution in [0, 0.1) is 0 Å². The van der Waals surface area contributed by atoms with E-state index < -0.39 is 0 Å². The van der Waals surface area contributed by atoms with E-state index in [-0.39, 0.29) is 5.69 Å². The predicted octanol–water partition coefficient (Wildman–Crippen LogP) is 0.979. The van der Waals surface area contributed by atoms with Crippen LogP contribution in [0.5, 0.6) is 0 Å². The molecule has 2 aromatic rings. The molecule has 2 rings (SSSR count). The van der Waals surface area contributed by atoms with E-state index >= 15 is 0 Å². The van der Waals surface area contributed by atoms with Gasteiger partial charge in [-0.25, -0.2) is 9.89 Å². The average molecular weight is 250 g/mol. The quantitative estimate of drug-likeness (QED) is 0.849. The topological polar surface area (TPSA) is 62.7 Å². The minimum atomic E-state index is -0.195. The zero-order valence-electron chi connectivity index (χ0n) is 9.73. The molecule has 0 saturated heterocycles. The first-order valence-corrected chi connectivity index (χ1v) is 6.05. The number of benzene rings is 1. The summed E-state index contributed by atoms with van der Waals surface area (Å²) in [4.78, 5) is 12.3. The smallest absolute Gasteiger partial charge is 0.316 e. The predicted molar refractivity (Wildman–Crippen MR) is 67.2 cm³/mol. The van der Waals surface area contributed by atoms with Gasteiger partial charge in [0.15, 0.2) is 5.16 Å². The van der Waals surface area contributed by atoms with E-state index in [9.17, 15) is 4.79 Å². The Balaban J connectivity index is 2.14. The highest BCUT2D eigenvalue weighted by Gasteiger charge is 2.05. The molecule has 0 spiro atoms. The lowest BCUT2D eigenvalue weighted by molar-refractivity contribution is 0.766. The summed E-state index contributed by atoms with van der Waals surface area (Å²) in [6.45, 7) is 0.853. The lowest BCUT2D eigenvalue weighted by atomic mass is 10.2. The number of hydrogen-bond acceptors (Lipinski definition) is 4. The van der Waals surface area contributed by atoms with Crippen molar-refractivity contribution < 1.29 is 0 Å². The maximum absolute atomic E-state index is 11.2. The molecule has 0 bridgehead atoms. The summed E-state index contributed by atoms with van der Waals surface area (Å²) in [6.07, 6.45) is 0. The zero-order valence-corrected chi connectivity index (χ0v) is 10.5. The van der Waals surface area contributed by atoms with E-state index in [1.807, 2.05) is 19.2 Å². The van der Waals surface area contributed by atoms with Crippen LogP contribution in [-0.2, 0) is 13.6 Å². The monoisotopic (exact) mass is 250 g/mol. The molecule has 0 radical (unpaired) electrons. The number of aromatic amines is 1. The minimum Gasteiger partial charge on any atom is -0.316 e. The van der Waals surface area contributed by atoms with Crippen molar-refractivity contribution in [2.24, 2.45) is 7.05 Å². The van der Waals surface area contributed by atoms with Crippen LogP contribution in [0.15, 0.2) is 39.1 Å². The number of aromatic nitrogens is 3. The molecule has 90 valence electrons. The van der Waals surface area contributed by atoms with Crippen LogP contribution in [0.1, 0.15) is 5.56 Å². The first kappa shape index (κ1) is 11.9. The molecule has 0 atom stereocenters. The Kier molecular flexibility index (Phi) is 3.65. The van der Waals surface area contributed by atoms with Gasteiger partial charge in [0.1, 0.15) is 0 Å². The van der Waals surface area contributed by atoms with Gasteiger partial charge in [0.05, 0.1) is 0 Å². The Morgan fingerprint density at radius 3 is 2.65 bits per heavy atom. The van der Waals surface area contributed by atoms with Crippen LogP contribution in [0.2, 0.25) is 0 Å². The molecule has 17 heavy (non-hydrogen) atoms. The van der Waals surface area contributed by atoms with Gasteiger partial charge in [0.2, 0.25) is 0 Å². The van der Waals surface area contributed by atoms with Crippen LogP contribution < -0.4 is 11.0 Å². The molecular weight excluding hydrogens is 236 g/mol. The zero-order chi connectivity index (χ0) is 12.3. The standard InChI is InChI=1S/C11H14N4OS/c1-12-7-8-3-5-9(6-4-8)17-11-14-13-10(16)15(11)2/h3-6,12H,7H2,1-2H3,(H,13,16). The van der Waals surface area contributed by atoms with E-state index in [0.717, 1.165) is 11.4 Å². The largest absolute Gasteiger partial charge is 0.343 e. The van der Waals surface area contributed by atoms with E-state index in [2.05, 4.69) is 27.6 Å². The molecule has 0 amide bonds. The Labute approximate surface area is 103 Å². The summed E-state index contributed by atoms with van der Waals surface area (Å²) in [5.41, 5.74) is 1.03. The van der Waals surface area contributed by atoms with Crippen molar-refractivity contribution in [1.82, 2.24) is 20.1 Å². The first-order valence-electron chi connectivity index (χ1n) is 5.23. The molecule has 1 heterocycles. The molecule has 2 N–H and O–H groups in total. The van der Waals surface area contributed by atoms with Gasteiger partial charge in [-0.05, 0) is 36.5 Å². The lowest BCUT2D eigenvalue weighted by Gasteiger charge is -2.02. The summed E-state index contributed by atoms with van der Waals surface area (Å²) in [5.74, 6) is 0. The summed E-state index contributed by atoms with van der Waals surface area (Å²) in [6, 6.07) is 8.17. The molecule has 0 unspecified atom stereocenters. The molecule has 6 heteroatoms. The number of H-pyrrole nitrogens is 1. The van der Waals surface area contributed by atoms with E-state index in [1.165, 1.54) is 21.9 Å². The second-order valence-electron chi connectivity index (χ2n) is 3.65. The van der Waals surface area contributed by atoms with Crippen molar-refractivity contribution in [3.05, 3.63) is 40.3 Å². The highest BCUT2D eigenvalue weighted by molar-refractivity contribution is 7.99.